The maximum absolute atomic E-state index is 6.01. The Morgan fingerprint density at radius 1 is 1.25 bits per heavy atom. The van der Waals surface area contributed by atoms with Crippen LogP contribution in [0.4, 0.5) is 0 Å². The summed E-state index contributed by atoms with van der Waals surface area (Å²) in [6.07, 6.45) is 5.00. The molecule has 3 rings (SSSR count). The second-order valence-electron chi connectivity index (χ2n) is 5.39. The molecule has 1 aromatic carbocycles. The Bertz CT molecular complexity index is 552. The highest BCUT2D eigenvalue weighted by Crippen LogP contribution is 2.36. The van der Waals surface area contributed by atoms with Crippen molar-refractivity contribution < 1.29 is 0 Å². The van der Waals surface area contributed by atoms with Gasteiger partial charge in [-0.2, -0.15) is 0 Å². The van der Waals surface area contributed by atoms with Gasteiger partial charge in [-0.05, 0) is 61.6 Å². The molecule has 1 aromatic heterocycles. The molecule has 0 bridgehead atoms. The van der Waals surface area contributed by atoms with Crippen LogP contribution in [0.1, 0.15) is 46.7 Å². The second kappa shape index (κ2) is 6.30. The Morgan fingerprint density at radius 2 is 2.05 bits per heavy atom. The lowest BCUT2D eigenvalue weighted by atomic mass is 10.0. The fraction of sp³-hybridized carbons (Fsp3) is 0.412. The monoisotopic (exact) mass is 305 g/mol. The Morgan fingerprint density at radius 3 is 2.75 bits per heavy atom. The van der Waals surface area contributed by atoms with E-state index >= 15 is 0 Å². The van der Waals surface area contributed by atoms with Crippen LogP contribution in [0.2, 0.25) is 5.02 Å². The van der Waals surface area contributed by atoms with E-state index in [9.17, 15) is 0 Å². The first-order valence-electron chi connectivity index (χ1n) is 7.38. The normalized spacial score (nSPS) is 15.3. The third-order valence-corrected chi connectivity index (χ3v) is 5.41. The van der Waals surface area contributed by atoms with Gasteiger partial charge in [-0.15, -0.1) is 11.3 Å². The Labute approximate surface area is 130 Å². The number of hydrogen-bond acceptors (Lipinski definition) is 2. The number of halogens is 1. The molecule has 0 fully saturated rings. The standard InChI is InChI=1S/C17H20ClNS/c1-2-10-19-17(12-6-8-14(18)9-7-12)16-11-13-4-3-5-15(13)20-16/h6-9,11,17,19H,2-5,10H2,1H3. The smallest absolute Gasteiger partial charge is 0.0671 e. The van der Waals surface area contributed by atoms with Crippen molar-refractivity contribution in [1.82, 2.24) is 5.32 Å². The molecule has 0 saturated heterocycles. The minimum absolute atomic E-state index is 0.308. The molecule has 1 aliphatic carbocycles. The largest absolute Gasteiger partial charge is 0.306 e. The second-order valence-corrected chi connectivity index (χ2v) is 6.99. The summed E-state index contributed by atoms with van der Waals surface area (Å²) in [6, 6.07) is 11.0. The lowest BCUT2D eigenvalue weighted by molar-refractivity contribution is 0.605. The van der Waals surface area contributed by atoms with Crippen molar-refractivity contribution in [1.29, 1.82) is 0 Å². The van der Waals surface area contributed by atoms with E-state index in [1.165, 1.54) is 29.7 Å². The minimum Gasteiger partial charge on any atom is -0.306 e. The van der Waals surface area contributed by atoms with E-state index in [0.717, 1.165) is 18.0 Å². The van der Waals surface area contributed by atoms with Crippen molar-refractivity contribution in [2.45, 2.75) is 38.6 Å². The summed E-state index contributed by atoms with van der Waals surface area (Å²) in [4.78, 5) is 3.04. The molecule has 0 spiro atoms. The van der Waals surface area contributed by atoms with Crippen LogP contribution < -0.4 is 5.32 Å². The summed E-state index contributed by atoms with van der Waals surface area (Å²) in [7, 11) is 0. The lowest BCUT2D eigenvalue weighted by Gasteiger charge is -2.18. The van der Waals surface area contributed by atoms with Gasteiger partial charge in [0.2, 0.25) is 0 Å². The van der Waals surface area contributed by atoms with Crippen molar-refractivity contribution >= 4 is 22.9 Å². The highest BCUT2D eigenvalue weighted by molar-refractivity contribution is 7.12. The van der Waals surface area contributed by atoms with Crippen molar-refractivity contribution in [3.05, 3.63) is 56.2 Å². The van der Waals surface area contributed by atoms with Gasteiger partial charge in [-0.25, -0.2) is 0 Å². The van der Waals surface area contributed by atoms with Crippen LogP contribution in [0.15, 0.2) is 30.3 Å². The molecule has 0 saturated carbocycles. The van der Waals surface area contributed by atoms with E-state index in [4.69, 9.17) is 11.6 Å². The van der Waals surface area contributed by atoms with Gasteiger partial charge in [-0.1, -0.05) is 30.7 Å². The average Bonchev–Trinajstić information content (AvgIpc) is 3.02. The van der Waals surface area contributed by atoms with E-state index < -0.39 is 0 Å². The van der Waals surface area contributed by atoms with Gasteiger partial charge in [0.1, 0.15) is 0 Å². The van der Waals surface area contributed by atoms with Crippen LogP contribution in [0.25, 0.3) is 0 Å². The topological polar surface area (TPSA) is 12.0 Å². The molecule has 0 radical (unpaired) electrons. The molecule has 1 heterocycles. The molecule has 0 aliphatic heterocycles. The molecule has 20 heavy (non-hydrogen) atoms. The van der Waals surface area contributed by atoms with E-state index in [-0.39, 0.29) is 0 Å². The molecule has 3 heteroatoms. The van der Waals surface area contributed by atoms with Gasteiger partial charge in [0.05, 0.1) is 6.04 Å². The van der Waals surface area contributed by atoms with Crippen LogP contribution in [-0.2, 0) is 12.8 Å². The number of hydrogen-bond donors (Lipinski definition) is 1. The number of fused-ring (bicyclic) bond motifs is 1. The average molecular weight is 306 g/mol. The molecule has 106 valence electrons. The van der Waals surface area contributed by atoms with Gasteiger partial charge in [0.25, 0.3) is 0 Å². The van der Waals surface area contributed by atoms with E-state index in [1.54, 1.807) is 10.4 Å². The zero-order chi connectivity index (χ0) is 13.9. The van der Waals surface area contributed by atoms with E-state index in [0.29, 0.717) is 6.04 Å². The summed E-state index contributed by atoms with van der Waals surface area (Å²) < 4.78 is 0. The molecule has 1 atom stereocenters. The van der Waals surface area contributed by atoms with Crippen LogP contribution in [0.3, 0.4) is 0 Å². The molecule has 1 aliphatic rings. The van der Waals surface area contributed by atoms with Gasteiger partial charge in [-0.3, -0.25) is 0 Å². The van der Waals surface area contributed by atoms with E-state index in [2.05, 4.69) is 30.4 Å². The quantitative estimate of drug-likeness (QED) is 0.821. The predicted octanol–water partition coefficient (Wildman–Crippen LogP) is 4.98. The zero-order valence-corrected chi connectivity index (χ0v) is 13.4. The fourth-order valence-electron chi connectivity index (χ4n) is 2.82. The number of aryl methyl sites for hydroxylation is 2. The van der Waals surface area contributed by atoms with E-state index in [1.807, 2.05) is 23.5 Å². The van der Waals surface area contributed by atoms with Crippen LogP contribution in [0.5, 0.6) is 0 Å². The number of rotatable bonds is 5. The maximum Gasteiger partial charge on any atom is 0.0671 e. The summed E-state index contributed by atoms with van der Waals surface area (Å²) in [5, 5.41) is 4.48. The number of nitrogens with one attached hydrogen (secondary N) is 1. The summed E-state index contributed by atoms with van der Waals surface area (Å²) >= 11 is 7.99. The zero-order valence-electron chi connectivity index (χ0n) is 11.8. The molecule has 0 amide bonds. The number of benzene rings is 1. The highest BCUT2D eigenvalue weighted by Gasteiger charge is 2.21. The third kappa shape index (κ3) is 2.93. The highest BCUT2D eigenvalue weighted by atomic mass is 35.5. The molecule has 2 aromatic rings. The fourth-order valence-corrected chi connectivity index (χ4v) is 4.31. The van der Waals surface area contributed by atoms with Gasteiger partial charge >= 0.3 is 0 Å². The van der Waals surface area contributed by atoms with Crippen LogP contribution in [-0.4, -0.2) is 6.54 Å². The molecule has 1 N–H and O–H groups in total. The van der Waals surface area contributed by atoms with Gasteiger partial charge in [0, 0.05) is 14.8 Å². The number of thiophene rings is 1. The minimum atomic E-state index is 0.308. The molecule has 1 nitrogen and oxygen atoms in total. The summed E-state index contributed by atoms with van der Waals surface area (Å²) in [5.41, 5.74) is 2.88. The first kappa shape index (κ1) is 14.1. The summed E-state index contributed by atoms with van der Waals surface area (Å²) in [5.74, 6) is 0. The van der Waals surface area contributed by atoms with Gasteiger partial charge < -0.3 is 5.32 Å². The SMILES string of the molecule is CCCNC(c1ccc(Cl)cc1)c1cc2c(s1)CCC2. The molecular weight excluding hydrogens is 286 g/mol. The van der Waals surface area contributed by atoms with Crippen LogP contribution in [0, 0.1) is 0 Å². The van der Waals surface area contributed by atoms with Crippen molar-refractivity contribution in [3.8, 4) is 0 Å². The Balaban J connectivity index is 1.90. The third-order valence-electron chi connectivity index (χ3n) is 3.85. The molecule has 1 unspecified atom stereocenters. The van der Waals surface area contributed by atoms with Crippen molar-refractivity contribution in [2.24, 2.45) is 0 Å². The van der Waals surface area contributed by atoms with Crippen molar-refractivity contribution in [2.75, 3.05) is 6.54 Å². The first-order valence-corrected chi connectivity index (χ1v) is 8.57. The van der Waals surface area contributed by atoms with Crippen LogP contribution >= 0.6 is 22.9 Å². The van der Waals surface area contributed by atoms with Crippen molar-refractivity contribution in [3.63, 3.8) is 0 Å². The lowest BCUT2D eigenvalue weighted by Crippen LogP contribution is -2.22. The Kier molecular flexibility index (Phi) is 4.45. The maximum atomic E-state index is 6.01. The first-order chi connectivity index (χ1) is 9.78. The predicted molar refractivity (Wildman–Crippen MR) is 87.9 cm³/mol. The van der Waals surface area contributed by atoms with Gasteiger partial charge in [0.15, 0.2) is 0 Å². The Hall–Kier alpha value is -0.830. The molecular formula is C17H20ClNS. The summed E-state index contributed by atoms with van der Waals surface area (Å²) in [6.45, 7) is 3.25.